The summed E-state index contributed by atoms with van der Waals surface area (Å²) in [5.74, 6) is 1.52. The number of aliphatic hydroxyl groups is 1. The Morgan fingerprint density at radius 3 is 2.58 bits per heavy atom. The lowest BCUT2D eigenvalue weighted by atomic mass is 9.51. The summed E-state index contributed by atoms with van der Waals surface area (Å²) in [5.41, 5.74) is -0.136. The third-order valence-corrected chi connectivity index (χ3v) is 6.92. The summed E-state index contributed by atoms with van der Waals surface area (Å²) >= 11 is 5.33. The third-order valence-electron chi connectivity index (χ3n) is 5.30. The van der Waals surface area contributed by atoms with E-state index < -0.39 is 0 Å². The molecule has 1 aromatic rings. The molecule has 2 atom stereocenters. The van der Waals surface area contributed by atoms with Crippen LogP contribution in [0.5, 0.6) is 0 Å². The molecule has 4 bridgehead atoms. The van der Waals surface area contributed by atoms with Gasteiger partial charge in [0.15, 0.2) is 0 Å². The second-order valence-corrected chi connectivity index (χ2v) is 9.57. The third kappa shape index (κ3) is 2.31. The van der Waals surface area contributed by atoms with Crippen LogP contribution in [0.1, 0.15) is 43.4 Å². The Morgan fingerprint density at radius 2 is 2.00 bits per heavy atom. The van der Waals surface area contributed by atoms with Crippen molar-refractivity contribution in [3.05, 3.63) is 20.8 Å². The molecule has 1 aromatic heterocycles. The van der Waals surface area contributed by atoms with E-state index in [2.05, 4.69) is 33.4 Å². The lowest BCUT2D eigenvalue weighted by Gasteiger charge is -2.60. The second-order valence-electron chi connectivity index (χ2n) is 7.03. The highest BCUT2D eigenvalue weighted by Crippen LogP contribution is 2.57. The van der Waals surface area contributed by atoms with E-state index >= 15 is 0 Å². The van der Waals surface area contributed by atoms with Gasteiger partial charge < -0.3 is 10.4 Å². The molecule has 4 heteroatoms. The molecule has 0 amide bonds. The first-order valence-corrected chi connectivity index (χ1v) is 8.87. The molecule has 104 valence electrons. The fraction of sp³-hybridized carbons (Fsp3) is 0.733. The van der Waals surface area contributed by atoms with E-state index in [1.54, 1.807) is 0 Å². The topological polar surface area (TPSA) is 32.3 Å². The molecule has 2 nitrogen and oxygen atoms in total. The highest BCUT2D eigenvalue weighted by Gasteiger charge is 2.56. The van der Waals surface area contributed by atoms with Gasteiger partial charge in [-0.05, 0) is 78.4 Å². The van der Waals surface area contributed by atoms with Crippen molar-refractivity contribution in [2.24, 2.45) is 11.8 Å². The van der Waals surface area contributed by atoms with Crippen molar-refractivity contribution in [2.75, 3.05) is 0 Å². The van der Waals surface area contributed by atoms with Gasteiger partial charge in [0.2, 0.25) is 0 Å². The minimum Gasteiger partial charge on any atom is -0.390 e. The maximum absolute atomic E-state index is 10.7. The zero-order valence-corrected chi connectivity index (χ0v) is 13.4. The highest BCUT2D eigenvalue weighted by atomic mass is 79.9. The first-order valence-electron chi connectivity index (χ1n) is 7.26. The summed E-state index contributed by atoms with van der Waals surface area (Å²) in [6, 6.07) is 4.31. The first-order chi connectivity index (χ1) is 9.04. The molecule has 2 unspecified atom stereocenters. The standard InChI is InChI=1S/C15H20BrNOS/c16-13-2-1-12(19-13)8-17-14-4-10-3-11(5-14)7-15(18,6-10)9-14/h1-2,10-11,17-18H,3-9H2. The van der Waals surface area contributed by atoms with E-state index in [4.69, 9.17) is 0 Å². The van der Waals surface area contributed by atoms with Crippen molar-refractivity contribution in [3.63, 3.8) is 0 Å². The van der Waals surface area contributed by atoms with Gasteiger partial charge in [-0.3, -0.25) is 0 Å². The van der Waals surface area contributed by atoms with Crippen LogP contribution in [-0.4, -0.2) is 16.2 Å². The van der Waals surface area contributed by atoms with Crippen LogP contribution in [0.3, 0.4) is 0 Å². The average molecular weight is 342 g/mol. The molecule has 0 radical (unpaired) electrons. The molecule has 1 heterocycles. The van der Waals surface area contributed by atoms with Crippen molar-refractivity contribution in [1.82, 2.24) is 5.32 Å². The molecule has 0 spiro atoms. The van der Waals surface area contributed by atoms with Crippen LogP contribution in [0, 0.1) is 11.8 Å². The molecular weight excluding hydrogens is 322 g/mol. The van der Waals surface area contributed by atoms with E-state index in [0.29, 0.717) is 0 Å². The number of rotatable bonds is 3. The molecule has 0 aromatic carbocycles. The molecule has 5 rings (SSSR count). The summed E-state index contributed by atoms with van der Waals surface area (Å²) in [6.45, 7) is 0.950. The minimum absolute atomic E-state index is 0.218. The first kappa shape index (κ1) is 12.8. The molecule has 0 saturated heterocycles. The van der Waals surface area contributed by atoms with Gasteiger partial charge in [0.1, 0.15) is 0 Å². The average Bonchev–Trinajstić information content (AvgIpc) is 2.69. The largest absolute Gasteiger partial charge is 0.390 e. The molecule has 4 aliphatic rings. The van der Waals surface area contributed by atoms with E-state index in [1.807, 2.05) is 11.3 Å². The zero-order chi connectivity index (χ0) is 13.1. The van der Waals surface area contributed by atoms with Gasteiger partial charge in [-0.2, -0.15) is 0 Å². The van der Waals surface area contributed by atoms with Gasteiger partial charge in [-0.15, -0.1) is 11.3 Å². The predicted octanol–water partition coefficient (Wildman–Crippen LogP) is 3.68. The fourth-order valence-corrected chi connectivity index (χ4v) is 6.57. The molecule has 4 aliphatic carbocycles. The molecular formula is C15H20BrNOS. The maximum Gasteiger partial charge on any atom is 0.0701 e. The van der Waals surface area contributed by atoms with E-state index in [1.165, 1.54) is 27.9 Å². The number of hydrogen-bond acceptors (Lipinski definition) is 3. The highest BCUT2D eigenvalue weighted by molar-refractivity contribution is 9.11. The van der Waals surface area contributed by atoms with Crippen LogP contribution < -0.4 is 5.32 Å². The molecule has 4 saturated carbocycles. The van der Waals surface area contributed by atoms with Gasteiger partial charge >= 0.3 is 0 Å². The monoisotopic (exact) mass is 341 g/mol. The number of hydrogen-bond donors (Lipinski definition) is 2. The van der Waals surface area contributed by atoms with Crippen LogP contribution in [-0.2, 0) is 6.54 Å². The van der Waals surface area contributed by atoms with Gasteiger partial charge in [-0.1, -0.05) is 0 Å². The van der Waals surface area contributed by atoms with E-state index in [0.717, 1.165) is 37.6 Å². The smallest absolute Gasteiger partial charge is 0.0701 e. The Labute approximate surface area is 126 Å². The van der Waals surface area contributed by atoms with Crippen molar-refractivity contribution in [1.29, 1.82) is 0 Å². The van der Waals surface area contributed by atoms with Crippen molar-refractivity contribution >= 4 is 27.3 Å². The lowest BCUT2D eigenvalue weighted by Crippen LogP contribution is -2.64. The number of thiophene rings is 1. The van der Waals surface area contributed by atoms with Gasteiger partial charge in [0.25, 0.3) is 0 Å². The summed E-state index contributed by atoms with van der Waals surface area (Å²) in [7, 11) is 0. The van der Waals surface area contributed by atoms with Crippen LogP contribution >= 0.6 is 27.3 Å². The van der Waals surface area contributed by atoms with Crippen LogP contribution in [0.4, 0.5) is 0 Å². The summed E-state index contributed by atoms with van der Waals surface area (Å²) in [4.78, 5) is 1.38. The molecule has 2 N–H and O–H groups in total. The van der Waals surface area contributed by atoms with Crippen molar-refractivity contribution in [3.8, 4) is 0 Å². The summed E-state index contributed by atoms with van der Waals surface area (Å²) in [5, 5.41) is 14.5. The number of halogens is 1. The fourth-order valence-electron chi connectivity index (χ4n) is 5.14. The van der Waals surface area contributed by atoms with Gasteiger partial charge in [0.05, 0.1) is 9.39 Å². The Kier molecular flexibility index (Phi) is 2.90. The molecule has 19 heavy (non-hydrogen) atoms. The Hall–Kier alpha value is 0.1000. The lowest BCUT2D eigenvalue weighted by molar-refractivity contribution is -0.142. The summed E-state index contributed by atoms with van der Waals surface area (Å²) < 4.78 is 1.20. The Bertz CT molecular complexity index is 486. The van der Waals surface area contributed by atoms with Crippen molar-refractivity contribution in [2.45, 2.75) is 56.2 Å². The second kappa shape index (κ2) is 4.30. The SMILES string of the molecule is OC12CC3CC(C1)CC(NCc1ccc(Br)s1)(C3)C2. The maximum atomic E-state index is 10.7. The van der Waals surface area contributed by atoms with Gasteiger partial charge in [0, 0.05) is 17.0 Å². The molecule has 4 fully saturated rings. The Morgan fingerprint density at radius 1 is 1.26 bits per heavy atom. The normalized spacial score (nSPS) is 43.9. The van der Waals surface area contributed by atoms with Crippen LogP contribution in [0.25, 0.3) is 0 Å². The quantitative estimate of drug-likeness (QED) is 0.878. The van der Waals surface area contributed by atoms with Crippen molar-refractivity contribution < 1.29 is 5.11 Å². The minimum atomic E-state index is -0.354. The van der Waals surface area contributed by atoms with E-state index in [-0.39, 0.29) is 11.1 Å². The number of nitrogens with one attached hydrogen (secondary N) is 1. The molecule has 0 aliphatic heterocycles. The van der Waals surface area contributed by atoms with E-state index in [9.17, 15) is 5.11 Å². The zero-order valence-electron chi connectivity index (χ0n) is 11.0. The predicted molar refractivity (Wildman–Crippen MR) is 81.2 cm³/mol. The van der Waals surface area contributed by atoms with Crippen LogP contribution in [0.2, 0.25) is 0 Å². The summed E-state index contributed by atoms with van der Waals surface area (Å²) in [6.07, 6.45) is 6.99. The Balaban J connectivity index is 1.51. The van der Waals surface area contributed by atoms with Gasteiger partial charge in [-0.25, -0.2) is 0 Å². The van der Waals surface area contributed by atoms with Crippen LogP contribution in [0.15, 0.2) is 15.9 Å².